The quantitative estimate of drug-likeness (QED) is 0.711. The van der Waals surface area contributed by atoms with Crippen molar-refractivity contribution >= 4 is 18.3 Å². The number of hydrogen-bond acceptors (Lipinski definition) is 5. The lowest BCUT2D eigenvalue weighted by molar-refractivity contribution is -0.121. The highest BCUT2D eigenvalue weighted by molar-refractivity contribution is 5.85. The van der Waals surface area contributed by atoms with Gasteiger partial charge in [-0.05, 0) is 25.8 Å². The number of rotatable bonds is 8. The van der Waals surface area contributed by atoms with Gasteiger partial charge in [-0.25, -0.2) is 0 Å². The Kier molecular flexibility index (Phi) is 8.77. The van der Waals surface area contributed by atoms with Gasteiger partial charge in [-0.1, -0.05) is 23.7 Å². The number of amides is 1. The van der Waals surface area contributed by atoms with E-state index in [1.54, 1.807) is 0 Å². The molecule has 6 nitrogen and oxygen atoms in total. The van der Waals surface area contributed by atoms with E-state index in [1.165, 1.54) is 5.57 Å². The summed E-state index contributed by atoms with van der Waals surface area (Å²) in [6.45, 7) is 4.65. The summed E-state index contributed by atoms with van der Waals surface area (Å²) in [5, 5.41) is 10.1. The Morgan fingerprint density at radius 2 is 2.32 bits per heavy atom. The van der Waals surface area contributed by atoms with E-state index in [2.05, 4.69) is 33.8 Å². The van der Waals surface area contributed by atoms with Gasteiger partial charge in [0.15, 0.2) is 5.82 Å². The van der Waals surface area contributed by atoms with E-state index in [0.717, 1.165) is 44.6 Å². The van der Waals surface area contributed by atoms with E-state index in [-0.39, 0.29) is 18.3 Å². The molecule has 0 fully saturated rings. The van der Waals surface area contributed by atoms with E-state index < -0.39 is 0 Å². The minimum Gasteiger partial charge on any atom is -0.352 e. The molecule has 0 aliphatic carbocycles. The molecule has 1 aliphatic rings. The molecule has 1 aromatic heterocycles. The van der Waals surface area contributed by atoms with Gasteiger partial charge in [-0.15, -0.1) is 12.4 Å². The van der Waals surface area contributed by atoms with Crippen molar-refractivity contribution in [3.05, 3.63) is 23.4 Å². The van der Waals surface area contributed by atoms with Crippen molar-refractivity contribution in [2.75, 3.05) is 19.6 Å². The van der Waals surface area contributed by atoms with E-state index >= 15 is 0 Å². The molecule has 7 heteroatoms. The maximum atomic E-state index is 11.8. The fourth-order valence-corrected chi connectivity index (χ4v) is 2.25. The molecule has 0 radical (unpaired) electrons. The number of hydrogen-bond donors (Lipinski definition) is 2. The molecule has 1 aliphatic heterocycles. The first-order valence-corrected chi connectivity index (χ1v) is 7.74. The van der Waals surface area contributed by atoms with Crippen molar-refractivity contribution in [2.24, 2.45) is 0 Å². The van der Waals surface area contributed by atoms with E-state index in [1.807, 2.05) is 0 Å². The molecule has 0 atom stereocenters. The van der Waals surface area contributed by atoms with Crippen molar-refractivity contribution in [3.8, 4) is 0 Å². The third kappa shape index (κ3) is 6.58. The lowest BCUT2D eigenvalue weighted by Gasteiger charge is -2.14. The number of aromatic nitrogens is 2. The maximum Gasteiger partial charge on any atom is 0.226 e. The first kappa shape index (κ1) is 18.6. The van der Waals surface area contributed by atoms with Crippen LogP contribution < -0.4 is 10.6 Å². The Bertz CT molecular complexity index is 488. The number of carbonyl (C=O) groups excluding carboxylic acids is 1. The summed E-state index contributed by atoms with van der Waals surface area (Å²) in [5.74, 6) is 1.48. The van der Waals surface area contributed by atoms with Crippen molar-refractivity contribution in [3.63, 3.8) is 0 Å². The molecule has 2 rings (SSSR count). The zero-order chi connectivity index (χ0) is 14.9. The Morgan fingerprint density at radius 1 is 1.45 bits per heavy atom. The summed E-state index contributed by atoms with van der Waals surface area (Å²) < 4.78 is 5.15. The van der Waals surface area contributed by atoms with Crippen molar-refractivity contribution in [2.45, 2.75) is 45.4 Å². The monoisotopic (exact) mass is 328 g/mol. The van der Waals surface area contributed by atoms with Crippen LogP contribution in [-0.2, 0) is 17.6 Å². The lowest BCUT2D eigenvalue weighted by atomic mass is 10.1. The SMILES string of the molecule is CCCc1noc(CCCC(=O)NCC2=CCNCC2)n1.Cl. The van der Waals surface area contributed by atoms with E-state index in [0.29, 0.717) is 25.3 Å². The standard InChI is InChI=1S/C15H24N4O2.ClH/c1-2-4-13-18-15(21-19-13)6-3-5-14(20)17-11-12-7-9-16-10-8-12;/h7,16H,2-6,8-11H2,1H3,(H,17,20);1H. The highest BCUT2D eigenvalue weighted by Gasteiger charge is 2.08. The lowest BCUT2D eigenvalue weighted by Crippen LogP contribution is -2.29. The molecule has 1 aromatic rings. The average Bonchev–Trinajstić information content (AvgIpc) is 2.94. The molecule has 0 unspecified atom stereocenters. The summed E-state index contributed by atoms with van der Waals surface area (Å²) in [5.41, 5.74) is 1.31. The van der Waals surface area contributed by atoms with Crippen molar-refractivity contribution in [1.29, 1.82) is 0 Å². The van der Waals surface area contributed by atoms with Crippen LogP contribution >= 0.6 is 12.4 Å². The third-order valence-corrected chi connectivity index (χ3v) is 3.45. The topological polar surface area (TPSA) is 80.0 Å². The first-order chi connectivity index (χ1) is 10.3. The molecule has 0 bridgehead atoms. The normalized spacial score (nSPS) is 14.1. The van der Waals surface area contributed by atoms with E-state index in [4.69, 9.17) is 4.52 Å². The van der Waals surface area contributed by atoms with Crippen LogP contribution in [0.1, 0.15) is 44.3 Å². The first-order valence-electron chi connectivity index (χ1n) is 7.74. The summed E-state index contributed by atoms with van der Waals surface area (Å²) in [7, 11) is 0. The summed E-state index contributed by atoms with van der Waals surface area (Å²) in [6, 6.07) is 0. The van der Waals surface area contributed by atoms with Gasteiger partial charge in [0.05, 0.1) is 0 Å². The Labute approximate surface area is 137 Å². The molecular weight excluding hydrogens is 304 g/mol. The highest BCUT2D eigenvalue weighted by Crippen LogP contribution is 2.06. The predicted octanol–water partition coefficient (Wildman–Crippen LogP) is 1.80. The van der Waals surface area contributed by atoms with Crippen molar-refractivity contribution < 1.29 is 9.32 Å². The van der Waals surface area contributed by atoms with Crippen LogP contribution in [0, 0.1) is 0 Å². The number of nitrogens with one attached hydrogen (secondary N) is 2. The number of halogens is 1. The molecule has 2 N–H and O–H groups in total. The molecular formula is C15H25ClN4O2. The minimum absolute atomic E-state index is 0. The van der Waals surface area contributed by atoms with Crippen LogP contribution in [0.25, 0.3) is 0 Å². The van der Waals surface area contributed by atoms with Gasteiger partial charge in [-0.2, -0.15) is 4.98 Å². The summed E-state index contributed by atoms with van der Waals surface area (Å²) >= 11 is 0. The number of aryl methyl sites for hydroxylation is 2. The second-order valence-corrected chi connectivity index (χ2v) is 5.30. The van der Waals surface area contributed by atoms with Gasteiger partial charge in [0.1, 0.15) is 0 Å². The van der Waals surface area contributed by atoms with Gasteiger partial charge in [0.25, 0.3) is 0 Å². The molecule has 1 amide bonds. The molecule has 0 aromatic carbocycles. The zero-order valence-electron chi connectivity index (χ0n) is 13.1. The maximum absolute atomic E-state index is 11.8. The minimum atomic E-state index is 0. The summed E-state index contributed by atoms with van der Waals surface area (Å²) in [6.07, 6.45) is 6.91. The van der Waals surface area contributed by atoms with Gasteiger partial charge in [0, 0.05) is 32.4 Å². The molecule has 124 valence electrons. The third-order valence-electron chi connectivity index (χ3n) is 3.45. The smallest absolute Gasteiger partial charge is 0.226 e. The zero-order valence-corrected chi connectivity index (χ0v) is 13.9. The Hall–Kier alpha value is -1.40. The Balaban J connectivity index is 0.00000242. The Morgan fingerprint density at radius 3 is 3.05 bits per heavy atom. The molecule has 0 saturated heterocycles. The van der Waals surface area contributed by atoms with Gasteiger partial charge in [-0.3, -0.25) is 4.79 Å². The second kappa shape index (κ2) is 10.3. The van der Waals surface area contributed by atoms with Crippen LogP contribution in [0.4, 0.5) is 0 Å². The fraction of sp³-hybridized carbons (Fsp3) is 0.667. The molecule has 2 heterocycles. The van der Waals surface area contributed by atoms with Gasteiger partial charge in [0.2, 0.25) is 11.8 Å². The van der Waals surface area contributed by atoms with Crippen LogP contribution in [0.5, 0.6) is 0 Å². The van der Waals surface area contributed by atoms with Crippen molar-refractivity contribution in [1.82, 2.24) is 20.8 Å². The molecule has 0 spiro atoms. The molecule has 22 heavy (non-hydrogen) atoms. The van der Waals surface area contributed by atoms with Gasteiger partial charge < -0.3 is 15.2 Å². The highest BCUT2D eigenvalue weighted by atomic mass is 35.5. The fourth-order valence-electron chi connectivity index (χ4n) is 2.25. The number of nitrogens with zero attached hydrogens (tertiary/aromatic N) is 2. The average molecular weight is 329 g/mol. The van der Waals surface area contributed by atoms with Crippen LogP contribution in [0.15, 0.2) is 16.2 Å². The largest absolute Gasteiger partial charge is 0.352 e. The van der Waals surface area contributed by atoms with Crippen LogP contribution in [0.3, 0.4) is 0 Å². The summed E-state index contributed by atoms with van der Waals surface area (Å²) in [4.78, 5) is 16.1. The van der Waals surface area contributed by atoms with Crippen LogP contribution in [-0.4, -0.2) is 35.7 Å². The second-order valence-electron chi connectivity index (χ2n) is 5.30. The number of carbonyl (C=O) groups is 1. The predicted molar refractivity (Wildman–Crippen MR) is 87.1 cm³/mol. The van der Waals surface area contributed by atoms with E-state index in [9.17, 15) is 4.79 Å². The van der Waals surface area contributed by atoms with Gasteiger partial charge >= 0.3 is 0 Å². The molecule has 0 saturated carbocycles. The van der Waals surface area contributed by atoms with Crippen LogP contribution in [0.2, 0.25) is 0 Å².